The molecule has 0 aliphatic carbocycles. The van der Waals surface area contributed by atoms with Crippen LogP contribution in [0.2, 0.25) is 0 Å². The van der Waals surface area contributed by atoms with Crippen LogP contribution in [0.1, 0.15) is 22.7 Å². The average molecular weight is 396 g/mol. The van der Waals surface area contributed by atoms with Gasteiger partial charge in [-0.2, -0.15) is 0 Å². The quantitative estimate of drug-likeness (QED) is 0.777. The van der Waals surface area contributed by atoms with Crippen molar-refractivity contribution in [1.29, 1.82) is 0 Å². The van der Waals surface area contributed by atoms with Crippen LogP contribution in [-0.2, 0) is 16.0 Å². The Bertz CT molecular complexity index is 849. The molecule has 1 saturated heterocycles. The lowest BCUT2D eigenvalue weighted by molar-refractivity contribution is -0.137. The molecule has 0 radical (unpaired) electrons. The number of carbonyl (C=O) groups excluding carboxylic acids is 1. The number of hydrogen-bond donors (Lipinski definition) is 0. The normalized spacial score (nSPS) is 19.5. The second kappa shape index (κ2) is 8.84. The fourth-order valence-corrected chi connectivity index (χ4v) is 4.28. The second-order valence-corrected chi connectivity index (χ2v) is 7.43. The van der Waals surface area contributed by atoms with Crippen molar-refractivity contribution >= 4 is 5.91 Å². The lowest BCUT2D eigenvalue weighted by Gasteiger charge is -2.39. The van der Waals surface area contributed by atoms with E-state index < -0.39 is 0 Å². The van der Waals surface area contributed by atoms with Gasteiger partial charge < -0.3 is 19.1 Å². The standard InChI is InChI=1S/C23H28N2O4/c1-27-20-14-18-8-9-25(16-22(26)24-10-12-29-13-11-24)23(17-6-4-3-5-7-17)19(18)15-21(20)28-2/h3-7,14-15,23H,8-13,16H2,1-2H3. The largest absolute Gasteiger partial charge is 0.493 e. The second-order valence-electron chi connectivity index (χ2n) is 7.43. The molecule has 2 aliphatic rings. The first-order chi connectivity index (χ1) is 14.2. The molecule has 2 aromatic carbocycles. The van der Waals surface area contributed by atoms with Gasteiger partial charge in [0.15, 0.2) is 11.5 Å². The molecule has 0 N–H and O–H groups in total. The van der Waals surface area contributed by atoms with Gasteiger partial charge in [-0.3, -0.25) is 9.69 Å². The molecule has 1 fully saturated rings. The van der Waals surface area contributed by atoms with E-state index in [4.69, 9.17) is 14.2 Å². The Hall–Kier alpha value is -2.57. The van der Waals surface area contributed by atoms with Crippen LogP contribution in [0.5, 0.6) is 11.5 Å². The van der Waals surface area contributed by atoms with Gasteiger partial charge in [0.25, 0.3) is 0 Å². The maximum Gasteiger partial charge on any atom is 0.236 e. The Kier molecular flexibility index (Phi) is 6.02. The van der Waals surface area contributed by atoms with Crippen LogP contribution in [-0.4, -0.2) is 69.3 Å². The van der Waals surface area contributed by atoms with Crippen molar-refractivity contribution in [2.75, 3.05) is 53.6 Å². The predicted molar refractivity (Wildman–Crippen MR) is 111 cm³/mol. The van der Waals surface area contributed by atoms with Crippen LogP contribution in [0.25, 0.3) is 0 Å². The molecule has 1 amide bonds. The van der Waals surface area contributed by atoms with Crippen molar-refractivity contribution in [1.82, 2.24) is 9.80 Å². The highest BCUT2D eigenvalue weighted by Crippen LogP contribution is 2.40. The van der Waals surface area contributed by atoms with Crippen LogP contribution < -0.4 is 9.47 Å². The maximum atomic E-state index is 13.0. The van der Waals surface area contributed by atoms with Gasteiger partial charge in [-0.1, -0.05) is 30.3 Å². The Balaban J connectivity index is 1.68. The molecule has 29 heavy (non-hydrogen) atoms. The van der Waals surface area contributed by atoms with Crippen molar-refractivity contribution in [3.05, 3.63) is 59.2 Å². The summed E-state index contributed by atoms with van der Waals surface area (Å²) in [5.74, 6) is 1.63. The summed E-state index contributed by atoms with van der Waals surface area (Å²) in [5.41, 5.74) is 3.59. The molecule has 0 spiro atoms. The highest BCUT2D eigenvalue weighted by atomic mass is 16.5. The summed E-state index contributed by atoms with van der Waals surface area (Å²) in [7, 11) is 3.32. The minimum Gasteiger partial charge on any atom is -0.493 e. The molecule has 6 nitrogen and oxygen atoms in total. The molecule has 0 aromatic heterocycles. The SMILES string of the molecule is COc1cc2c(cc1OC)C(c1ccccc1)N(CC(=O)N1CCOCC1)CC2. The number of rotatable bonds is 5. The van der Waals surface area contributed by atoms with Crippen LogP contribution in [0.15, 0.2) is 42.5 Å². The summed E-state index contributed by atoms with van der Waals surface area (Å²) < 4.78 is 16.5. The van der Waals surface area contributed by atoms with Crippen molar-refractivity contribution in [3.63, 3.8) is 0 Å². The van der Waals surface area contributed by atoms with Crippen LogP contribution >= 0.6 is 0 Å². The molecule has 2 aliphatic heterocycles. The van der Waals surface area contributed by atoms with E-state index in [2.05, 4.69) is 29.2 Å². The number of hydrogen-bond acceptors (Lipinski definition) is 5. The third-order valence-electron chi connectivity index (χ3n) is 5.79. The summed E-state index contributed by atoms with van der Waals surface area (Å²) in [6.07, 6.45) is 0.870. The summed E-state index contributed by atoms with van der Waals surface area (Å²) in [4.78, 5) is 17.2. The monoisotopic (exact) mass is 396 g/mol. The van der Waals surface area contributed by atoms with E-state index in [-0.39, 0.29) is 11.9 Å². The van der Waals surface area contributed by atoms with Gasteiger partial charge in [-0.15, -0.1) is 0 Å². The third-order valence-corrected chi connectivity index (χ3v) is 5.79. The smallest absolute Gasteiger partial charge is 0.236 e. The zero-order chi connectivity index (χ0) is 20.2. The first-order valence-electron chi connectivity index (χ1n) is 10.1. The fraction of sp³-hybridized carbons (Fsp3) is 0.435. The number of carbonyl (C=O) groups is 1. The van der Waals surface area contributed by atoms with Crippen molar-refractivity contribution in [3.8, 4) is 11.5 Å². The predicted octanol–water partition coefficient (Wildman–Crippen LogP) is 2.51. The average Bonchev–Trinajstić information content (AvgIpc) is 2.79. The zero-order valence-electron chi connectivity index (χ0n) is 17.1. The summed E-state index contributed by atoms with van der Waals surface area (Å²) in [6.45, 7) is 3.79. The van der Waals surface area contributed by atoms with E-state index in [0.29, 0.717) is 38.6 Å². The summed E-state index contributed by atoms with van der Waals surface area (Å²) in [6, 6.07) is 14.5. The van der Waals surface area contributed by atoms with Gasteiger partial charge >= 0.3 is 0 Å². The number of methoxy groups -OCH3 is 2. The molecule has 2 heterocycles. The van der Waals surface area contributed by atoms with Gasteiger partial charge in [-0.25, -0.2) is 0 Å². The molecule has 6 heteroatoms. The molecular weight excluding hydrogens is 368 g/mol. The number of morpholine rings is 1. The molecule has 0 bridgehead atoms. The third kappa shape index (κ3) is 4.09. The summed E-state index contributed by atoms with van der Waals surface area (Å²) >= 11 is 0. The Morgan fingerprint density at radius 2 is 1.72 bits per heavy atom. The van der Waals surface area contributed by atoms with E-state index in [0.717, 1.165) is 18.7 Å². The Labute approximate surface area is 172 Å². The number of nitrogens with zero attached hydrogens (tertiary/aromatic N) is 2. The van der Waals surface area contributed by atoms with Gasteiger partial charge in [0.2, 0.25) is 5.91 Å². The Morgan fingerprint density at radius 3 is 2.41 bits per heavy atom. The fourth-order valence-electron chi connectivity index (χ4n) is 4.28. The van der Waals surface area contributed by atoms with E-state index in [1.165, 1.54) is 16.7 Å². The summed E-state index contributed by atoms with van der Waals surface area (Å²) in [5, 5.41) is 0. The van der Waals surface area contributed by atoms with E-state index in [1.807, 2.05) is 23.1 Å². The van der Waals surface area contributed by atoms with E-state index in [9.17, 15) is 4.79 Å². The van der Waals surface area contributed by atoms with Crippen LogP contribution in [0, 0.1) is 0 Å². The van der Waals surface area contributed by atoms with Gasteiger partial charge in [-0.05, 0) is 35.2 Å². The first-order valence-corrected chi connectivity index (χ1v) is 10.1. The van der Waals surface area contributed by atoms with E-state index >= 15 is 0 Å². The molecular formula is C23H28N2O4. The van der Waals surface area contributed by atoms with E-state index in [1.54, 1.807) is 14.2 Å². The van der Waals surface area contributed by atoms with Crippen LogP contribution in [0.4, 0.5) is 0 Å². The Morgan fingerprint density at radius 1 is 1.03 bits per heavy atom. The van der Waals surface area contributed by atoms with Gasteiger partial charge in [0, 0.05) is 19.6 Å². The van der Waals surface area contributed by atoms with Gasteiger partial charge in [0.05, 0.1) is 40.0 Å². The first kappa shape index (κ1) is 19.7. The number of amides is 1. The lowest BCUT2D eigenvalue weighted by atomic mass is 9.87. The van der Waals surface area contributed by atoms with Crippen molar-refractivity contribution in [2.45, 2.75) is 12.5 Å². The van der Waals surface area contributed by atoms with Gasteiger partial charge in [0.1, 0.15) is 0 Å². The number of fused-ring (bicyclic) bond motifs is 1. The highest BCUT2D eigenvalue weighted by molar-refractivity contribution is 5.78. The number of ether oxygens (including phenoxy) is 3. The molecule has 0 saturated carbocycles. The zero-order valence-corrected chi connectivity index (χ0v) is 17.1. The molecule has 1 atom stereocenters. The minimum absolute atomic E-state index is 0.00440. The molecule has 2 aromatic rings. The lowest BCUT2D eigenvalue weighted by Crippen LogP contribution is -2.48. The molecule has 154 valence electrons. The molecule has 4 rings (SSSR count). The van der Waals surface area contributed by atoms with Crippen molar-refractivity contribution < 1.29 is 19.0 Å². The van der Waals surface area contributed by atoms with Crippen molar-refractivity contribution in [2.24, 2.45) is 0 Å². The molecule has 1 unspecified atom stereocenters. The number of benzene rings is 2. The van der Waals surface area contributed by atoms with Crippen LogP contribution in [0.3, 0.4) is 0 Å². The topological polar surface area (TPSA) is 51.2 Å². The minimum atomic E-state index is 0.00440. The maximum absolute atomic E-state index is 13.0. The highest BCUT2D eigenvalue weighted by Gasteiger charge is 2.32.